The Bertz CT molecular complexity index is 1200. The van der Waals surface area contributed by atoms with Crippen molar-refractivity contribution in [2.45, 2.75) is 6.04 Å². The fourth-order valence-corrected chi connectivity index (χ4v) is 3.72. The summed E-state index contributed by atoms with van der Waals surface area (Å²) in [6.07, 6.45) is 1.65. The zero-order valence-corrected chi connectivity index (χ0v) is 16.0. The first kappa shape index (κ1) is 18.1. The summed E-state index contributed by atoms with van der Waals surface area (Å²) in [6, 6.07) is 24.6. The summed E-state index contributed by atoms with van der Waals surface area (Å²) in [5.74, 6) is 12.8. The fraction of sp³-hybridized carbons (Fsp3) is 0.0435. The average molecular weight is 397 g/mol. The number of hydrogen-bond acceptors (Lipinski definition) is 6. The SMILES string of the molecule is NN(c1ccc(C2c3ccccc3C(=O)N2N)cc1)c1ncc(-c2ccccc2)o1. The van der Waals surface area contributed by atoms with Crippen LogP contribution >= 0.6 is 0 Å². The predicted octanol–water partition coefficient (Wildman–Crippen LogP) is 3.77. The maximum Gasteiger partial charge on any atom is 0.317 e. The number of fused-ring (bicyclic) bond motifs is 1. The lowest BCUT2D eigenvalue weighted by atomic mass is 9.98. The molecule has 4 N–H and O–H groups in total. The van der Waals surface area contributed by atoms with Gasteiger partial charge in [-0.05, 0) is 29.3 Å². The molecule has 3 aromatic carbocycles. The molecule has 0 bridgehead atoms. The van der Waals surface area contributed by atoms with E-state index in [-0.39, 0.29) is 18.0 Å². The van der Waals surface area contributed by atoms with Gasteiger partial charge in [0, 0.05) is 11.1 Å². The van der Waals surface area contributed by atoms with Crippen LogP contribution in [0.4, 0.5) is 11.7 Å². The van der Waals surface area contributed by atoms with E-state index in [9.17, 15) is 4.79 Å². The van der Waals surface area contributed by atoms with Crippen molar-refractivity contribution in [1.82, 2.24) is 9.99 Å². The van der Waals surface area contributed by atoms with Gasteiger partial charge in [0.25, 0.3) is 5.91 Å². The molecule has 0 saturated heterocycles. The largest absolute Gasteiger partial charge is 0.422 e. The van der Waals surface area contributed by atoms with E-state index >= 15 is 0 Å². The number of hydrogen-bond donors (Lipinski definition) is 2. The molecule has 0 saturated carbocycles. The monoisotopic (exact) mass is 397 g/mol. The van der Waals surface area contributed by atoms with Crippen molar-refractivity contribution in [3.05, 3.63) is 102 Å². The molecule has 0 spiro atoms. The Morgan fingerprint density at radius 2 is 1.63 bits per heavy atom. The molecule has 1 aliphatic rings. The number of nitrogens with two attached hydrogens (primary N) is 2. The minimum absolute atomic E-state index is 0.187. The number of carbonyl (C=O) groups excluding carboxylic acids is 1. The van der Waals surface area contributed by atoms with Gasteiger partial charge in [0.2, 0.25) is 0 Å². The van der Waals surface area contributed by atoms with E-state index in [0.29, 0.717) is 17.0 Å². The van der Waals surface area contributed by atoms with Crippen molar-refractivity contribution in [2.24, 2.45) is 11.7 Å². The molecule has 0 radical (unpaired) electrons. The van der Waals surface area contributed by atoms with Crippen molar-refractivity contribution in [1.29, 1.82) is 0 Å². The lowest BCUT2D eigenvalue weighted by molar-refractivity contribution is 0.0749. The molecule has 7 nitrogen and oxygen atoms in total. The molecular formula is C23H19N5O2. The minimum Gasteiger partial charge on any atom is -0.422 e. The van der Waals surface area contributed by atoms with E-state index in [2.05, 4.69) is 4.98 Å². The number of hydrazine groups is 2. The van der Waals surface area contributed by atoms with Crippen LogP contribution in [0, 0.1) is 0 Å². The van der Waals surface area contributed by atoms with Crippen LogP contribution in [0.1, 0.15) is 27.5 Å². The van der Waals surface area contributed by atoms with Crippen LogP contribution in [-0.2, 0) is 0 Å². The molecule has 1 amide bonds. The Morgan fingerprint density at radius 3 is 2.40 bits per heavy atom. The van der Waals surface area contributed by atoms with Crippen LogP contribution in [0.15, 0.2) is 89.5 Å². The first-order chi connectivity index (χ1) is 14.6. The second-order valence-electron chi connectivity index (χ2n) is 7.04. The number of benzene rings is 3. The molecule has 1 aromatic heterocycles. The normalized spacial score (nSPS) is 15.3. The van der Waals surface area contributed by atoms with Crippen LogP contribution in [0.2, 0.25) is 0 Å². The van der Waals surface area contributed by atoms with Gasteiger partial charge in [0.15, 0.2) is 5.76 Å². The fourth-order valence-electron chi connectivity index (χ4n) is 3.72. The first-order valence-electron chi connectivity index (χ1n) is 9.47. The van der Waals surface area contributed by atoms with E-state index in [0.717, 1.165) is 16.7 Å². The molecule has 0 fully saturated rings. The number of rotatable bonds is 4. The highest BCUT2D eigenvalue weighted by Crippen LogP contribution is 2.37. The number of anilines is 2. The molecule has 7 heteroatoms. The maximum atomic E-state index is 12.4. The van der Waals surface area contributed by atoms with Gasteiger partial charge in [-0.15, -0.1) is 0 Å². The summed E-state index contributed by atoms with van der Waals surface area (Å²) in [5, 5.41) is 2.64. The Balaban J connectivity index is 1.41. The summed E-state index contributed by atoms with van der Waals surface area (Å²) in [5.41, 5.74) is 4.03. The lowest BCUT2D eigenvalue weighted by Gasteiger charge is -2.21. The van der Waals surface area contributed by atoms with Crippen LogP contribution < -0.4 is 16.7 Å². The van der Waals surface area contributed by atoms with Crippen molar-refractivity contribution < 1.29 is 9.21 Å². The summed E-state index contributed by atoms with van der Waals surface area (Å²) in [6.45, 7) is 0. The van der Waals surface area contributed by atoms with Crippen molar-refractivity contribution in [2.75, 3.05) is 5.01 Å². The molecule has 5 rings (SSSR count). The molecule has 30 heavy (non-hydrogen) atoms. The smallest absolute Gasteiger partial charge is 0.317 e. The van der Waals surface area contributed by atoms with Gasteiger partial charge in [0.1, 0.15) is 0 Å². The van der Waals surface area contributed by atoms with Crippen LogP contribution in [0.3, 0.4) is 0 Å². The number of oxazole rings is 1. The Hall–Kier alpha value is -3.94. The van der Waals surface area contributed by atoms with Gasteiger partial charge >= 0.3 is 6.01 Å². The molecule has 4 aromatic rings. The Kier molecular flexibility index (Phi) is 4.31. The third kappa shape index (κ3) is 2.93. The summed E-state index contributed by atoms with van der Waals surface area (Å²) >= 11 is 0. The first-order valence-corrected chi connectivity index (χ1v) is 9.47. The van der Waals surface area contributed by atoms with Crippen LogP contribution in [-0.4, -0.2) is 15.9 Å². The van der Waals surface area contributed by atoms with Crippen molar-refractivity contribution in [3.8, 4) is 11.3 Å². The average Bonchev–Trinajstić information content (AvgIpc) is 3.38. The van der Waals surface area contributed by atoms with Gasteiger partial charge in [-0.3, -0.25) is 9.80 Å². The molecule has 2 heterocycles. The number of aromatic nitrogens is 1. The predicted molar refractivity (Wildman–Crippen MR) is 113 cm³/mol. The lowest BCUT2D eigenvalue weighted by Crippen LogP contribution is -2.35. The van der Waals surface area contributed by atoms with Gasteiger partial charge in [-0.1, -0.05) is 60.7 Å². The third-order valence-corrected chi connectivity index (χ3v) is 5.24. The second-order valence-corrected chi connectivity index (χ2v) is 7.04. The van der Waals surface area contributed by atoms with Gasteiger partial charge in [-0.25, -0.2) is 16.7 Å². The molecule has 148 valence electrons. The number of nitrogens with zero attached hydrogens (tertiary/aromatic N) is 3. The number of amides is 1. The minimum atomic E-state index is -0.333. The molecule has 1 atom stereocenters. The van der Waals surface area contributed by atoms with Crippen LogP contribution in [0.25, 0.3) is 11.3 Å². The van der Waals surface area contributed by atoms with E-state index in [1.807, 2.05) is 72.8 Å². The molecule has 1 aliphatic heterocycles. The number of carbonyl (C=O) groups is 1. The summed E-state index contributed by atoms with van der Waals surface area (Å²) in [7, 11) is 0. The zero-order valence-electron chi connectivity index (χ0n) is 16.0. The Labute approximate surface area is 173 Å². The van der Waals surface area contributed by atoms with Gasteiger partial charge in [0.05, 0.1) is 17.9 Å². The summed E-state index contributed by atoms with van der Waals surface area (Å²) in [4.78, 5) is 16.7. The van der Waals surface area contributed by atoms with E-state index in [1.54, 1.807) is 12.3 Å². The summed E-state index contributed by atoms with van der Waals surface area (Å²) < 4.78 is 5.81. The highest BCUT2D eigenvalue weighted by molar-refractivity contribution is 5.99. The highest BCUT2D eigenvalue weighted by Gasteiger charge is 2.35. The van der Waals surface area contributed by atoms with E-state index in [1.165, 1.54) is 10.0 Å². The third-order valence-electron chi connectivity index (χ3n) is 5.24. The van der Waals surface area contributed by atoms with Gasteiger partial charge < -0.3 is 4.42 Å². The van der Waals surface area contributed by atoms with Crippen molar-refractivity contribution >= 4 is 17.6 Å². The molecule has 0 aliphatic carbocycles. The maximum absolute atomic E-state index is 12.4. The zero-order chi connectivity index (χ0) is 20.7. The topological polar surface area (TPSA) is 102 Å². The molecular weight excluding hydrogens is 378 g/mol. The van der Waals surface area contributed by atoms with E-state index < -0.39 is 0 Å². The van der Waals surface area contributed by atoms with E-state index in [4.69, 9.17) is 16.1 Å². The molecule has 1 unspecified atom stereocenters. The highest BCUT2D eigenvalue weighted by atomic mass is 16.4. The van der Waals surface area contributed by atoms with Crippen molar-refractivity contribution in [3.63, 3.8) is 0 Å². The quantitative estimate of drug-likeness (QED) is 0.309. The van der Waals surface area contributed by atoms with Crippen LogP contribution in [0.5, 0.6) is 0 Å². The van der Waals surface area contributed by atoms with Gasteiger partial charge in [-0.2, -0.15) is 4.98 Å². The Morgan fingerprint density at radius 1 is 0.933 bits per heavy atom. The standard InChI is InChI=1S/C23H19N5O2/c24-27(23-26-14-20(30-23)15-6-2-1-3-7-15)17-12-10-16(11-13-17)21-18-8-4-5-9-19(18)22(29)28(21)25/h1-14,21H,24-25H2. The second kappa shape index (κ2) is 7.14.